The Kier molecular flexibility index (Phi) is 4.50. The SMILES string of the molecule is Cc1nc([N+](=O)[O-])nn1CC(=O)Nc1ccc(C(C)C)cc1. The molecule has 1 heterocycles. The van der Waals surface area contributed by atoms with Gasteiger partial charge in [-0.3, -0.25) is 4.79 Å². The van der Waals surface area contributed by atoms with Crippen LogP contribution in [0.4, 0.5) is 11.6 Å². The highest BCUT2D eigenvalue weighted by molar-refractivity contribution is 5.90. The maximum atomic E-state index is 12.0. The Balaban J connectivity index is 2.02. The van der Waals surface area contributed by atoms with Crippen molar-refractivity contribution in [1.29, 1.82) is 0 Å². The van der Waals surface area contributed by atoms with Gasteiger partial charge in [0.1, 0.15) is 6.54 Å². The van der Waals surface area contributed by atoms with E-state index >= 15 is 0 Å². The number of rotatable bonds is 5. The average Bonchev–Trinajstić information content (AvgIpc) is 2.81. The van der Waals surface area contributed by atoms with Gasteiger partial charge in [0, 0.05) is 17.7 Å². The second-order valence-corrected chi connectivity index (χ2v) is 5.20. The molecule has 0 aliphatic carbocycles. The van der Waals surface area contributed by atoms with Crippen LogP contribution < -0.4 is 5.32 Å². The Morgan fingerprint density at radius 1 is 1.36 bits per heavy atom. The molecule has 0 aliphatic heterocycles. The van der Waals surface area contributed by atoms with Gasteiger partial charge in [0.15, 0.2) is 0 Å². The van der Waals surface area contributed by atoms with E-state index in [1.807, 2.05) is 24.3 Å². The lowest BCUT2D eigenvalue weighted by Gasteiger charge is -2.08. The van der Waals surface area contributed by atoms with Gasteiger partial charge in [0.25, 0.3) is 0 Å². The summed E-state index contributed by atoms with van der Waals surface area (Å²) in [6.07, 6.45) is 0. The largest absolute Gasteiger partial charge is 0.491 e. The minimum Gasteiger partial charge on any atom is -0.390 e. The highest BCUT2D eigenvalue weighted by Gasteiger charge is 2.19. The second kappa shape index (κ2) is 6.33. The van der Waals surface area contributed by atoms with Crippen LogP contribution in [0.15, 0.2) is 24.3 Å². The number of benzene rings is 1. The van der Waals surface area contributed by atoms with Crippen molar-refractivity contribution in [3.05, 3.63) is 45.8 Å². The summed E-state index contributed by atoms with van der Waals surface area (Å²) in [4.78, 5) is 25.5. The molecule has 0 radical (unpaired) electrons. The van der Waals surface area contributed by atoms with Crippen LogP contribution in [0.1, 0.15) is 31.2 Å². The van der Waals surface area contributed by atoms with E-state index < -0.39 is 10.9 Å². The van der Waals surface area contributed by atoms with E-state index in [1.54, 1.807) is 6.92 Å². The highest BCUT2D eigenvalue weighted by Crippen LogP contribution is 2.17. The number of nitrogens with zero attached hydrogens (tertiary/aromatic N) is 4. The van der Waals surface area contributed by atoms with E-state index in [-0.39, 0.29) is 12.5 Å². The van der Waals surface area contributed by atoms with Crippen molar-refractivity contribution in [2.24, 2.45) is 0 Å². The Hall–Kier alpha value is -2.77. The van der Waals surface area contributed by atoms with Crippen molar-refractivity contribution in [1.82, 2.24) is 14.8 Å². The Bertz CT molecular complexity index is 691. The van der Waals surface area contributed by atoms with Gasteiger partial charge in [-0.15, -0.1) is 0 Å². The molecule has 8 nitrogen and oxygen atoms in total. The van der Waals surface area contributed by atoms with Crippen LogP contribution >= 0.6 is 0 Å². The number of hydrogen-bond donors (Lipinski definition) is 1. The molecule has 2 aromatic rings. The van der Waals surface area contributed by atoms with Crippen LogP contribution in [-0.2, 0) is 11.3 Å². The number of aryl methyl sites for hydroxylation is 1. The number of nitrogens with one attached hydrogen (secondary N) is 1. The first-order chi connectivity index (χ1) is 10.4. The Morgan fingerprint density at radius 3 is 2.50 bits per heavy atom. The molecule has 0 fully saturated rings. The molecule has 0 atom stereocenters. The number of nitro groups is 1. The third-order valence-corrected chi connectivity index (χ3v) is 3.16. The number of anilines is 1. The number of amides is 1. The molecule has 116 valence electrons. The summed E-state index contributed by atoms with van der Waals surface area (Å²) in [6.45, 7) is 5.62. The monoisotopic (exact) mass is 303 g/mol. The molecule has 2 rings (SSSR count). The van der Waals surface area contributed by atoms with Gasteiger partial charge >= 0.3 is 5.95 Å². The summed E-state index contributed by atoms with van der Waals surface area (Å²) < 4.78 is 1.20. The van der Waals surface area contributed by atoms with E-state index in [1.165, 1.54) is 10.2 Å². The Morgan fingerprint density at radius 2 is 2.00 bits per heavy atom. The highest BCUT2D eigenvalue weighted by atomic mass is 16.6. The van der Waals surface area contributed by atoms with E-state index in [4.69, 9.17) is 0 Å². The van der Waals surface area contributed by atoms with Crippen LogP contribution in [-0.4, -0.2) is 25.6 Å². The van der Waals surface area contributed by atoms with E-state index in [0.717, 1.165) is 0 Å². The number of aromatic nitrogens is 3. The van der Waals surface area contributed by atoms with E-state index in [9.17, 15) is 14.9 Å². The van der Waals surface area contributed by atoms with Crippen molar-refractivity contribution in [2.45, 2.75) is 33.2 Å². The van der Waals surface area contributed by atoms with Crippen molar-refractivity contribution in [2.75, 3.05) is 5.32 Å². The predicted molar refractivity (Wildman–Crippen MR) is 80.6 cm³/mol. The molecule has 1 amide bonds. The normalized spacial score (nSPS) is 10.7. The molecular weight excluding hydrogens is 286 g/mol. The van der Waals surface area contributed by atoms with Crippen LogP contribution in [0.2, 0.25) is 0 Å². The maximum Gasteiger partial charge on any atom is 0.491 e. The summed E-state index contributed by atoms with van der Waals surface area (Å²) in [7, 11) is 0. The lowest BCUT2D eigenvalue weighted by molar-refractivity contribution is -0.394. The molecule has 0 unspecified atom stereocenters. The fraction of sp³-hybridized carbons (Fsp3) is 0.357. The van der Waals surface area contributed by atoms with E-state index in [0.29, 0.717) is 17.4 Å². The number of carbonyl (C=O) groups is 1. The maximum absolute atomic E-state index is 12.0. The molecule has 1 aromatic heterocycles. The topological polar surface area (TPSA) is 103 Å². The molecule has 0 aliphatic rings. The zero-order valence-electron chi connectivity index (χ0n) is 12.6. The predicted octanol–water partition coefficient (Wildman–Crippen LogP) is 2.26. The molecule has 0 saturated heterocycles. The first kappa shape index (κ1) is 15.6. The average molecular weight is 303 g/mol. The summed E-state index contributed by atoms with van der Waals surface area (Å²) in [5.41, 5.74) is 1.85. The molecule has 1 aromatic carbocycles. The summed E-state index contributed by atoms with van der Waals surface area (Å²) >= 11 is 0. The minimum atomic E-state index is -0.688. The van der Waals surface area contributed by atoms with Crippen molar-refractivity contribution in [3.63, 3.8) is 0 Å². The van der Waals surface area contributed by atoms with E-state index in [2.05, 4.69) is 29.2 Å². The van der Waals surface area contributed by atoms with Crippen LogP contribution in [0.5, 0.6) is 0 Å². The van der Waals surface area contributed by atoms with Crippen LogP contribution in [0, 0.1) is 17.0 Å². The van der Waals surface area contributed by atoms with Gasteiger partial charge < -0.3 is 15.4 Å². The number of hydrogen-bond acceptors (Lipinski definition) is 5. The first-order valence-electron chi connectivity index (χ1n) is 6.82. The molecule has 8 heteroatoms. The third kappa shape index (κ3) is 3.66. The minimum absolute atomic E-state index is 0.126. The van der Waals surface area contributed by atoms with Gasteiger partial charge in [-0.1, -0.05) is 26.0 Å². The molecule has 0 spiro atoms. The quantitative estimate of drug-likeness (QED) is 0.674. The lowest BCUT2D eigenvalue weighted by atomic mass is 10.0. The fourth-order valence-corrected chi connectivity index (χ4v) is 1.92. The summed E-state index contributed by atoms with van der Waals surface area (Å²) in [6, 6.07) is 7.55. The van der Waals surface area contributed by atoms with Crippen molar-refractivity contribution < 1.29 is 9.72 Å². The molecule has 1 N–H and O–H groups in total. The van der Waals surface area contributed by atoms with Crippen molar-refractivity contribution in [3.8, 4) is 0 Å². The Labute approximate surface area is 127 Å². The lowest BCUT2D eigenvalue weighted by Crippen LogP contribution is -2.20. The van der Waals surface area contributed by atoms with Gasteiger partial charge in [-0.05, 0) is 33.5 Å². The zero-order chi connectivity index (χ0) is 16.3. The molecular formula is C14H17N5O3. The van der Waals surface area contributed by atoms with Crippen LogP contribution in [0.3, 0.4) is 0 Å². The first-order valence-corrected chi connectivity index (χ1v) is 6.82. The van der Waals surface area contributed by atoms with Gasteiger partial charge in [-0.25, -0.2) is 0 Å². The third-order valence-electron chi connectivity index (χ3n) is 3.16. The summed E-state index contributed by atoms with van der Waals surface area (Å²) in [5.74, 6) is -0.0908. The number of carbonyl (C=O) groups excluding carboxylic acids is 1. The molecule has 0 bridgehead atoms. The fourth-order valence-electron chi connectivity index (χ4n) is 1.92. The second-order valence-electron chi connectivity index (χ2n) is 5.20. The molecule has 0 saturated carbocycles. The smallest absolute Gasteiger partial charge is 0.390 e. The van der Waals surface area contributed by atoms with Crippen LogP contribution in [0.25, 0.3) is 0 Å². The molecule has 22 heavy (non-hydrogen) atoms. The van der Waals surface area contributed by atoms with Gasteiger partial charge in [-0.2, -0.15) is 4.68 Å². The zero-order valence-corrected chi connectivity index (χ0v) is 12.6. The van der Waals surface area contributed by atoms with Gasteiger partial charge in [0.05, 0.1) is 0 Å². The van der Waals surface area contributed by atoms with Crippen molar-refractivity contribution >= 4 is 17.5 Å². The summed E-state index contributed by atoms with van der Waals surface area (Å²) in [5, 5.41) is 17.0. The standard InChI is InChI=1S/C14H17N5O3/c1-9(2)11-4-6-12(7-5-11)16-13(20)8-18-10(3)15-14(17-18)19(21)22/h4-7,9H,8H2,1-3H3,(H,16,20). The van der Waals surface area contributed by atoms with Gasteiger partial charge in [0.2, 0.25) is 11.7 Å².